The molecule has 1 N–H and O–H groups in total. The highest BCUT2D eigenvalue weighted by Crippen LogP contribution is 2.25. The normalized spacial score (nSPS) is 16.6. The number of halogens is 1. The molecule has 7 heteroatoms. The Morgan fingerprint density at radius 2 is 1.96 bits per heavy atom. The van der Waals surface area contributed by atoms with Crippen LogP contribution in [0.2, 0.25) is 0 Å². The molecule has 1 fully saturated rings. The first-order valence-electron chi connectivity index (χ1n) is 8.70. The maximum atomic E-state index is 13.3. The second-order valence-corrected chi connectivity index (χ2v) is 7.57. The van der Waals surface area contributed by atoms with Crippen LogP contribution in [-0.4, -0.2) is 40.6 Å². The highest BCUT2D eigenvalue weighted by atomic mass is 32.1. The van der Waals surface area contributed by atoms with Gasteiger partial charge in [0.1, 0.15) is 21.9 Å². The summed E-state index contributed by atoms with van der Waals surface area (Å²) < 4.78 is 13.3. The minimum atomic E-state index is -0.364. The topological polar surface area (TPSA) is 58.1 Å². The van der Waals surface area contributed by atoms with Crippen molar-refractivity contribution in [3.8, 4) is 0 Å². The van der Waals surface area contributed by atoms with Crippen molar-refractivity contribution in [2.45, 2.75) is 38.6 Å². The Balaban J connectivity index is 1.66. The number of rotatable bonds is 6. The van der Waals surface area contributed by atoms with E-state index < -0.39 is 0 Å². The molecule has 0 bridgehead atoms. The Bertz CT molecular complexity index is 697. The number of nitrogens with zero attached hydrogens (tertiary/aromatic N) is 3. The van der Waals surface area contributed by atoms with E-state index in [-0.39, 0.29) is 17.8 Å². The molecule has 2 aromatic rings. The fraction of sp³-hybridized carbons (Fsp3) is 0.500. The maximum absolute atomic E-state index is 13.3. The predicted octanol–water partition coefficient (Wildman–Crippen LogP) is 2.87. The van der Waals surface area contributed by atoms with Crippen LogP contribution >= 0.6 is 11.3 Å². The number of aromatic nitrogens is 2. The molecule has 5 nitrogen and oxygen atoms in total. The lowest BCUT2D eigenvalue weighted by molar-refractivity contribution is -0.127. The Morgan fingerprint density at radius 1 is 1.24 bits per heavy atom. The maximum Gasteiger partial charge on any atom is 0.241 e. The number of likely N-dealkylation sites (tertiary alicyclic amines) is 1. The van der Waals surface area contributed by atoms with E-state index in [1.54, 1.807) is 23.5 Å². The lowest BCUT2D eigenvalue weighted by atomic mass is 10.0. The van der Waals surface area contributed by atoms with Gasteiger partial charge in [0, 0.05) is 13.0 Å². The van der Waals surface area contributed by atoms with Crippen molar-refractivity contribution in [1.29, 1.82) is 0 Å². The number of carbonyl (C=O) groups is 1. The number of nitrogens with one attached hydrogen (secondary N) is 1. The van der Waals surface area contributed by atoms with Gasteiger partial charge < -0.3 is 5.32 Å². The van der Waals surface area contributed by atoms with Gasteiger partial charge in [0.25, 0.3) is 0 Å². The third kappa shape index (κ3) is 4.83. The minimum absolute atomic E-state index is 0.0326. The first-order chi connectivity index (χ1) is 12.1. The molecule has 1 aliphatic rings. The van der Waals surface area contributed by atoms with Gasteiger partial charge in [-0.1, -0.05) is 18.6 Å². The van der Waals surface area contributed by atoms with E-state index in [1.807, 2.05) is 6.92 Å². The van der Waals surface area contributed by atoms with Gasteiger partial charge >= 0.3 is 0 Å². The van der Waals surface area contributed by atoms with Crippen molar-refractivity contribution in [2.75, 3.05) is 19.6 Å². The van der Waals surface area contributed by atoms with E-state index in [9.17, 15) is 9.18 Å². The van der Waals surface area contributed by atoms with Crippen LogP contribution in [-0.2, 0) is 11.2 Å². The highest BCUT2D eigenvalue weighted by molar-refractivity contribution is 7.11. The summed E-state index contributed by atoms with van der Waals surface area (Å²) in [6, 6.07) is 5.90. The Hall–Kier alpha value is -1.86. The van der Waals surface area contributed by atoms with E-state index in [0.717, 1.165) is 41.5 Å². The third-order valence-corrected chi connectivity index (χ3v) is 5.29. The van der Waals surface area contributed by atoms with E-state index in [0.29, 0.717) is 13.0 Å². The SMILES string of the molecule is Cc1nnc(CCNC(=O)[C@@H](c2ccc(F)cc2)N2CCCCC2)s1. The van der Waals surface area contributed by atoms with Crippen LogP contribution in [0.5, 0.6) is 0 Å². The zero-order valence-electron chi connectivity index (χ0n) is 14.4. The summed E-state index contributed by atoms with van der Waals surface area (Å²) in [5.74, 6) is -0.317. The van der Waals surface area contributed by atoms with Crippen molar-refractivity contribution in [2.24, 2.45) is 0 Å². The van der Waals surface area contributed by atoms with Gasteiger partial charge in [-0.05, 0) is 50.6 Å². The highest BCUT2D eigenvalue weighted by Gasteiger charge is 2.28. The first kappa shape index (κ1) is 17.9. The second-order valence-electron chi connectivity index (χ2n) is 6.31. The van der Waals surface area contributed by atoms with E-state index in [2.05, 4.69) is 20.4 Å². The fourth-order valence-corrected chi connectivity index (χ4v) is 3.89. The first-order valence-corrected chi connectivity index (χ1v) is 9.51. The minimum Gasteiger partial charge on any atom is -0.354 e. The summed E-state index contributed by atoms with van der Waals surface area (Å²) in [7, 11) is 0. The molecule has 0 aliphatic carbocycles. The Kier molecular flexibility index (Phi) is 6.09. The smallest absolute Gasteiger partial charge is 0.241 e. The van der Waals surface area contributed by atoms with Crippen molar-refractivity contribution < 1.29 is 9.18 Å². The molecule has 0 spiro atoms. The van der Waals surface area contributed by atoms with Crippen molar-refractivity contribution in [3.05, 3.63) is 45.7 Å². The summed E-state index contributed by atoms with van der Waals surface area (Å²) in [6.07, 6.45) is 4.06. The number of piperidine rings is 1. The number of benzene rings is 1. The van der Waals surface area contributed by atoms with Crippen molar-refractivity contribution >= 4 is 17.2 Å². The summed E-state index contributed by atoms with van der Waals surface area (Å²) in [6.45, 7) is 4.23. The van der Waals surface area contributed by atoms with Gasteiger partial charge in [0.2, 0.25) is 5.91 Å². The zero-order valence-corrected chi connectivity index (χ0v) is 15.2. The number of hydrogen-bond acceptors (Lipinski definition) is 5. The van der Waals surface area contributed by atoms with Crippen LogP contribution in [0.25, 0.3) is 0 Å². The van der Waals surface area contributed by atoms with Crippen LogP contribution < -0.4 is 5.32 Å². The number of hydrogen-bond donors (Lipinski definition) is 1. The summed E-state index contributed by atoms with van der Waals surface area (Å²) in [5, 5.41) is 12.9. The molecule has 0 unspecified atom stereocenters. The van der Waals surface area contributed by atoms with Gasteiger partial charge in [-0.3, -0.25) is 9.69 Å². The predicted molar refractivity (Wildman–Crippen MR) is 95.9 cm³/mol. The molecule has 1 aromatic heterocycles. The molecule has 134 valence electrons. The van der Waals surface area contributed by atoms with Crippen LogP contribution in [0.3, 0.4) is 0 Å². The van der Waals surface area contributed by atoms with E-state index >= 15 is 0 Å². The monoisotopic (exact) mass is 362 g/mol. The lowest BCUT2D eigenvalue weighted by Crippen LogP contribution is -2.43. The fourth-order valence-electron chi connectivity index (χ4n) is 3.18. The largest absolute Gasteiger partial charge is 0.354 e. The number of aryl methyl sites for hydroxylation is 1. The Labute approximate surface area is 151 Å². The average Bonchev–Trinajstić information content (AvgIpc) is 3.03. The molecule has 1 aliphatic heterocycles. The second kappa shape index (κ2) is 8.49. The van der Waals surface area contributed by atoms with Gasteiger partial charge in [0.05, 0.1) is 0 Å². The molecule has 0 saturated carbocycles. The molecule has 2 heterocycles. The van der Waals surface area contributed by atoms with Crippen LogP contribution in [0.1, 0.15) is 40.9 Å². The standard InChI is InChI=1S/C18H23FN4OS/c1-13-21-22-16(25-13)9-10-20-18(24)17(23-11-3-2-4-12-23)14-5-7-15(19)8-6-14/h5-8,17H,2-4,9-12H2,1H3,(H,20,24)/t17-/m1/s1. The molecule has 1 amide bonds. The van der Waals surface area contributed by atoms with E-state index in [1.165, 1.54) is 18.6 Å². The molecule has 1 saturated heterocycles. The van der Waals surface area contributed by atoms with Gasteiger partial charge in [0.15, 0.2) is 0 Å². The molecule has 0 radical (unpaired) electrons. The summed E-state index contributed by atoms with van der Waals surface area (Å²) in [5.41, 5.74) is 0.840. The molecule has 1 aromatic carbocycles. The number of amides is 1. The van der Waals surface area contributed by atoms with Crippen molar-refractivity contribution in [3.63, 3.8) is 0 Å². The third-order valence-electron chi connectivity index (χ3n) is 4.40. The summed E-state index contributed by atoms with van der Waals surface area (Å²) in [4.78, 5) is 15.0. The number of carbonyl (C=O) groups excluding carboxylic acids is 1. The molecule has 3 rings (SSSR count). The van der Waals surface area contributed by atoms with Crippen LogP contribution in [0, 0.1) is 12.7 Å². The average molecular weight is 362 g/mol. The Morgan fingerprint density at radius 3 is 2.60 bits per heavy atom. The lowest BCUT2D eigenvalue weighted by Gasteiger charge is -2.33. The summed E-state index contributed by atoms with van der Waals surface area (Å²) >= 11 is 1.55. The van der Waals surface area contributed by atoms with Crippen LogP contribution in [0.15, 0.2) is 24.3 Å². The van der Waals surface area contributed by atoms with Gasteiger partial charge in [-0.25, -0.2) is 4.39 Å². The molecular weight excluding hydrogens is 339 g/mol. The van der Waals surface area contributed by atoms with Crippen LogP contribution in [0.4, 0.5) is 4.39 Å². The van der Waals surface area contributed by atoms with E-state index in [4.69, 9.17) is 0 Å². The van der Waals surface area contributed by atoms with Gasteiger partial charge in [-0.2, -0.15) is 0 Å². The zero-order chi connectivity index (χ0) is 17.6. The molecular formula is C18H23FN4OS. The van der Waals surface area contributed by atoms with Gasteiger partial charge in [-0.15, -0.1) is 21.5 Å². The quantitative estimate of drug-likeness (QED) is 0.858. The molecule has 25 heavy (non-hydrogen) atoms. The molecule has 1 atom stereocenters. The van der Waals surface area contributed by atoms with Crippen molar-refractivity contribution in [1.82, 2.24) is 20.4 Å².